The van der Waals surface area contributed by atoms with Crippen LogP contribution in [0.5, 0.6) is 0 Å². The maximum absolute atomic E-state index is 12.9. The van der Waals surface area contributed by atoms with Gasteiger partial charge in [0.25, 0.3) is 0 Å². The Hall–Kier alpha value is -1.30. The molecule has 6 nitrogen and oxygen atoms in total. The van der Waals surface area contributed by atoms with Crippen LogP contribution in [0.15, 0.2) is 0 Å². The molecule has 4 aliphatic rings. The van der Waals surface area contributed by atoms with E-state index >= 15 is 0 Å². The third-order valence-electron chi connectivity index (χ3n) is 5.65. The lowest BCUT2D eigenvalue weighted by molar-refractivity contribution is -0.154. The fraction of sp³-hybridized carbons (Fsp3) is 0.882. The second kappa shape index (κ2) is 5.36. The van der Waals surface area contributed by atoms with E-state index in [-0.39, 0.29) is 22.9 Å². The van der Waals surface area contributed by atoms with Crippen LogP contribution in [-0.2, 0) is 9.53 Å². The minimum Gasteiger partial charge on any atom is -0.444 e. The van der Waals surface area contributed by atoms with E-state index in [9.17, 15) is 9.59 Å². The topological polar surface area (TPSA) is 84.7 Å². The first-order valence-corrected chi connectivity index (χ1v) is 8.69. The molecular formula is C17H29N3O3. The zero-order valence-corrected chi connectivity index (χ0v) is 14.5. The van der Waals surface area contributed by atoms with Gasteiger partial charge in [0.15, 0.2) is 0 Å². The van der Waals surface area contributed by atoms with E-state index in [1.807, 2.05) is 25.7 Å². The van der Waals surface area contributed by atoms with Crippen molar-refractivity contribution in [2.24, 2.45) is 11.1 Å². The number of alkyl carbamates (subject to hydrolysis) is 1. The van der Waals surface area contributed by atoms with E-state index in [2.05, 4.69) is 5.32 Å². The monoisotopic (exact) mass is 323 g/mol. The summed E-state index contributed by atoms with van der Waals surface area (Å²) in [6.07, 6.45) is 5.25. The van der Waals surface area contributed by atoms with Crippen molar-refractivity contribution in [2.45, 2.75) is 76.5 Å². The Morgan fingerprint density at radius 3 is 2.09 bits per heavy atom. The number of fused-ring (bicyclic) bond motifs is 3. The summed E-state index contributed by atoms with van der Waals surface area (Å²) in [7, 11) is 0. The average Bonchev–Trinajstić information content (AvgIpc) is 2.41. The van der Waals surface area contributed by atoms with Gasteiger partial charge in [-0.1, -0.05) is 0 Å². The van der Waals surface area contributed by atoms with E-state index in [4.69, 9.17) is 10.5 Å². The third-order valence-corrected chi connectivity index (χ3v) is 5.65. The van der Waals surface area contributed by atoms with Crippen LogP contribution in [0, 0.1) is 5.41 Å². The third kappa shape index (κ3) is 3.32. The molecule has 4 fully saturated rings. The molecule has 0 unspecified atom stereocenters. The molecule has 0 aromatic heterocycles. The van der Waals surface area contributed by atoms with Gasteiger partial charge in [-0.2, -0.15) is 0 Å². The molecule has 1 aliphatic heterocycles. The van der Waals surface area contributed by atoms with Crippen molar-refractivity contribution in [3.8, 4) is 0 Å². The average molecular weight is 323 g/mol. The molecule has 23 heavy (non-hydrogen) atoms. The highest BCUT2D eigenvalue weighted by Gasteiger charge is 2.53. The molecule has 2 amide bonds. The van der Waals surface area contributed by atoms with Gasteiger partial charge in [0, 0.05) is 24.0 Å². The van der Waals surface area contributed by atoms with Crippen LogP contribution >= 0.6 is 0 Å². The summed E-state index contributed by atoms with van der Waals surface area (Å²) in [4.78, 5) is 26.5. The predicted molar refractivity (Wildman–Crippen MR) is 86.8 cm³/mol. The first-order valence-electron chi connectivity index (χ1n) is 8.69. The summed E-state index contributed by atoms with van der Waals surface area (Å²) in [6.45, 7) is 6.70. The molecule has 3 aliphatic carbocycles. The molecule has 130 valence electrons. The summed E-state index contributed by atoms with van der Waals surface area (Å²) in [5, 5.41) is 2.83. The normalized spacial score (nSPS) is 34.0. The zero-order chi connectivity index (χ0) is 16.9. The van der Waals surface area contributed by atoms with Gasteiger partial charge in [-0.3, -0.25) is 4.79 Å². The predicted octanol–water partition coefficient (Wildman–Crippen LogP) is 1.77. The van der Waals surface area contributed by atoms with Crippen LogP contribution in [0.4, 0.5) is 4.79 Å². The van der Waals surface area contributed by atoms with E-state index in [0.717, 1.165) is 38.5 Å². The Morgan fingerprint density at radius 1 is 1.09 bits per heavy atom. The lowest BCUT2D eigenvalue weighted by atomic mass is 9.57. The molecule has 0 spiro atoms. The number of nitrogens with zero attached hydrogens (tertiary/aromatic N) is 1. The summed E-state index contributed by atoms with van der Waals surface area (Å²) in [5.74, 6) is 0.265. The molecular weight excluding hydrogens is 294 g/mol. The second-order valence-corrected chi connectivity index (χ2v) is 8.70. The summed E-state index contributed by atoms with van der Waals surface area (Å²) >= 11 is 0. The van der Waals surface area contributed by atoms with E-state index in [1.165, 1.54) is 0 Å². The van der Waals surface area contributed by atoms with Gasteiger partial charge in [-0.25, -0.2) is 4.79 Å². The number of likely N-dealkylation sites (tertiary alicyclic amines) is 1. The minimum atomic E-state index is -0.499. The summed E-state index contributed by atoms with van der Waals surface area (Å²) in [6, 6.07) is 0.00554. The van der Waals surface area contributed by atoms with Gasteiger partial charge in [0.05, 0.1) is 6.04 Å². The number of hydrogen-bond acceptors (Lipinski definition) is 4. The van der Waals surface area contributed by atoms with Gasteiger partial charge in [-0.05, 0) is 59.3 Å². The number of hydrogen-bond donors (Lipinski definition) is 2. The maximum Gasteiger partial charge on any atom is 0.407 e. The minimum absolute atomic E-state index is 0.00554. The first kappa shape index (κ1) is 16.6. The number of carbonyl (C=O) groups is 2. The van der Waals surface area contributed by atoms with Gasteiger partial charge < -0.3 is 20.7 Å². The van der Waals surface area contributed by atoms with Crippen LogP contribution in [0.25, 0.3) is 0 Å². The number of rotatable bonds is 2. The fourth-order valence-corrected chi connectivity index (χ4v) is 4.08. The zero-order valence-electron chi connectivity index (χ0n) is 14.5. The molecule has 6 heteroatoms. The molecule has 1 saturated heterocycles. The van der Waals surface area contributed by atoms with Crippen LogP contribution in [0.3, 0.4) is 0 Å². The Kier molecular flexibility index (Phi) is 3.86. The molecule has 0 radical (unpaired) electrons. The van der Waals surface area contributed by atoms with Gasteiger partial charge >= 0.3 is 6.09 Å². The molecule has 4 rings (SSSR count). The Balaban J connectivity index is 1.48. The van der Waals surface area contributed by atoms with Gasteiger partial charge in [0.1, 0.15) is 5.60 Å². The number of nitrogens with one attached hydrogen (secondary N) is 1. The molecule has 0 aromatic carbocycles. The van der Waals surface area contributed by atoms with E-state index < -0.39 is 11.7 Å². The highest BCUT2D eigenvalue weighted by molar-refractivity contribution is 5.84. The molecule has 3 saturated carbocycles. The maximum atomic E-state index is 12.9. The van der Waals surface area contributed by atoms with Gasteiger partial charge in [-0.15, -0.1) is 0 Å². The first-order chi connectivity index (χ1) is 10.6. The molecule has 3 N–H and O–H groups in total. The van der Waals surface area contributed by atoms with Crippen molar-refractivity contribution in [1.82, 2.24) is 10.2 Å². The van der Waals surface area contributed by atoms with Crippen LogP contribution in [0.1, 0.15) is 59.3 Å². The van der Waals surface area contributed by atoms with E-state index in [0.29, 0.717) is 13.1 Å². The SMILES string of the molecule is CC(C)(C)OC(=O)NC1CN(C(=O)C23CCC(N)(CC2)CC3)C1. The highest BCUT2D eigenvalue weighted by Crippen LogP contribution is 2.52. The molecule has 2 bridgehead atoms. The highest BCUT2D eigenvalue weighted by atomic mass is 16.6. The van der Waals surface area contributed by atoms with Crippen LogP contribution in [0.2, 0.25) is 0 Å². The molecule has 0 atom stereocenters. The Bertz CT molecular complexity index is 481. The number of amides is 2. The second-order valence-electron chi connectivity index (χ2n) is 8.70. The smallest absolute Gasteiger partial charge is 0.407 e. The fourth-order valence-electron chi connectivity index (χ4n) is 4.08. The van der Waals surface area contributed by atoms with Gasteiger partial charge in [0.2, 0.25) is 5.91 Å². The van der Waals surface area contributed by atoms with Crippen molar-refractivity contribution >= 4 is 12.0 Å². The van der Waals surface area contributed by atoms with Crippen LogP contribution in [-0.4, -0.2) is 47.2 Å². The molecule has 1 heterocycles. The lowest BCUT2D eigenvalue weighted by Gasteiger charge is -2.54. The van der Waals surface area contributed by atoms with Crippen molar-refractivity contribution in [3.63, 3.8) is 0 Å². The summed E-state index contributed by atoms with van der Waals surface area (Å²) < 4.78 is 5.25. The van der Waals surface area contributed by atoms with Crippen LogP contribution < -0.4 is 11.1 Å². The number of ether oxygens (including phenoxy) is 1. The summed E-state index contributed by atoms with van der Waals surface area (Å²) in [5.41, 5.74) is 5.62. The Labute approximate surface area is 138 Å². The standard InChI is InChI=1S/C17H29N3O3/c1-15(2,3)23-14(22)19-12-10-20(11-12)13(21)16-4-7-17(18,8-5-16)9-6-16/h12H,4-11,18H2,1-3H3,(H,19,22). The molecule has 0 aromatic rings. The lowest BCUT2D eigenvalue weighted by Crippen LogP contribution is -2.65. The van der Waals surface area contributed by atoms with Crippen molar-refractivity contribution < 1.29 is 14.3 Å². The van der Waals surface area contributed by atoms with E-state index in [1.54, 1.807) is 0 Å². The van der Waals surface area contributed by atoms with Crippen molar-refractivity contribution in [2.75, 3.05) is 13.1 Å². The number of nitrogens with two attached hydrogens (primary N) is 1. The number of carbonyl (C=O) groups excluding carboxylic acids is 2. The largest absolute Gasteiger partial charge is 0.444 e. The Morgan fingerprint density at radius 2 is 1.61 bits per heavy atom. The van der Waals surface area contributed by atoms with Crippen molar-refractivity contribution in [1.29, 1.82) is 0 Å². The van der Waals surface area contributed by atoms with Crippen molar-refractivity contribution in [3.05, 3.63) is 0 Å². The quantitative estimate of drug-likeness (QED) is 0.811.